The Hall–Kier alpha value is -2.57. The van der Waals surface area contributed by atoms with Crippen LogP contribution < -0.4 is 5.32 Å². The van der Waals surface area contributed by atoms with Crippen LogP contribution in [0.5, 0.6) is 0 Å². The molecule has 0 saturated heterocycles. The molecule has 2 amide bonds. The predicted octanol–water partition coefficient (Wildman–Crippen LogP) is 1.02. The third-order valence-corrected chi connectivity index (χ3v) is 2.67. The first-order valence-electron chi connectivity index (χ1n) is 6.40. The average molecular weight is 294 g/mol. The molecule has 0 heterocycles. The Balaban J connectivity index is 2.69. The number of nitrogens with zero attached hydrogens (tertiary/aromatic N) is 1. The highest BCUT2D eigenvalue weighted by molar-refractivity contribution is 5.85. The van der Waals surface area contributed by atoms with Crippen molar-refractivity contribution in [3.63, 3.8) is 0 Å². The highest BCUT2D eigenvalue weighted by Crippen LogP contribution is 2.12. The van der Waals surface area contributed by atoms with E-state index >= 15 is 0 Å². The molecule has 7 nitrogen and oxygen atoms in total. The lowest BCUT2D eigenvalue weighted by atomic mass is 10.1. The minimum Gasteiger partial charge on any atom is -0.479 e. The molecule has 0 fully saturated rings. The van der Waals surface area contributed by atoms with Gasteiger partial charge in [-0.1, -0.05) is 30.3 Å². The molecule has 7 heteroatoms. The first kappa shape index (κ1) is 16.5. The summed E-state index contributed by atoms with van der Waals surface area (Å²) in [6.07, 6.45) is 0. The number of carbonyl (C=O) groups is 3. The van der Waals surface area contributed by atoms with Gasteiger partial charge in [0, 0.05) is 7.05 Å². The number of hydrogen-bond acceptors (Lipinski definition) is 4. The molecule has 0 radical (unpaired) electrons. The van der Waals surface area contributed by atoms with Gasteiger partial charge in [0.15, 0.2) is 6.04 Å². The van der Waals surface area contributed by atoms with Crippen molar-refractivity contribution in [3.05, 3.63) is 35.9 Å². The van der Waals surface area contributed by atoms with E-state index in [1.54, 1.807) is 37.3 Å². The second-order valence-electron chi connectivity index (χ2n) is 4.29. The fourth-order valence-electron chi connectivity index (χ4n) is 1.64. The van der Waals surface area contributed by atoms with E-state index in [9.17, 15) is 19.5 Å². The molecule has 0 aliphatic heterocycles. The van der Waals surface area contributed by atoms with E-state index < -0.39 is 24.0 Å². The average Bonchev–Trinajstić information content (AvgIpc) is 2.45. The molecule has 21 heavy (non-hydrogen) atoms. The summed E-state index contributed by atoms with van der Waals surface area (Å²) in [4.78, 5) is 35.5. The topological polar surface area (TPSA) is 95.9 Å². The van der Waals surface area contributed by atoms with Crippen molar-refractivity contribution in [1.29, 1.82) is 0 Å². The van der Waals surface area contributed by atoms with E-state index in [1.807, 2.05) is 0 Å². The fourth-order valence-corrected chi connectivity index (χ4v) is 1.64. The van der Waals surface area contributed by atoms with Crippen LogP contribution in [0, 0.1) is 0 Å². The third-order valence-electron chi connectivity index (χ3n) is 2.67. The van der Waals surface area contributed by atoms with Gasteiger partial charge in [0.25, 0.3) is 0 Å². The van der Waals surface area contributed by atoms with Crippen LogP contribution in [-0.4, -0.2) is 48.2 Å². The van der Waals surface area contributed by atoms with E-state index in [1.165, 1.54) is 7.05 Å². The van der Waals surface area contributed by atoms with Gasteiger partial charge in [-0.3, -0.25) is 4.79 Å². The molecule has 114 valence electrons. The number of likely N-dealkylation sites (N-methyl/N-ethyl adjacent to an activating group) is 1. The summed E-state index contributed by atoms with van der Waals surface area (Å²) >= 11 is 0. The number of aliphatic carboxylic acids is 1. The van der Waals surface area contributed by atoms with Crippen molar-refractivity contribution in [2.24, 2.45) is 0 Å². The minimum absolute atomic E-state index is 0.218. The zero-order chi connectivity index (χ0) is 15.8. The number of carbonyl (C=O) groups excluding carboxylic acids is 2. The van der Waals surface area contributed by atoms with Crippen LogP contribution in [0.2, 0.25) is 0 Å². The molecule has 0 bridgehead atoms. The fraction of sp³-hybridized carbons (Fsp3) is 0.357. The Bertz CT molecular complexity index is 503. The molecule has 0 aromatic heterocycles. The Kier molecular flexibility index (Phi) is 6.19. The molecule has 0 saturated carbocycles. The molecule has 0 spiro atoms. The van der Waals surface area contributed by atoms with Gasteiger partial charge < -0.3 is 20.1 Å². The first-order valence-corrected chi connectivity index (χ1v) is 6.40. The standard InChI is InChI=1S/C14H18N2O5/c1-3-21-11(17)9-16(2)14(20)15-12(13(18)19)10-7-5-4-6-8-10/h4-8,12H,3,9H2,1-2H3,(H,15,20)(H,18,19)/t12-/m0/s1. The van der Waals surface area contributed by atoms with Crippen molar-refractivity contribution < 1.29 is 24.2 Å². The van der Waals surface area contributed by atoms with E-state index in [0.717, 1.165) is 4.90 Å². The van der Waals surface area contributed by atoms with E-state index in [4.69, 9.17) is 4.74 Å². The van der Waals surface area contributed by atoms with Gasteiger partial charge in [-0.15, -0.1) is 0 Å². The van der Waals surface area contributed by atoms with Gasteiger partial charge in [0.1, 0.15) is 6.54 Å². The maximum Gasteiger partial charge on any atom is 0.330 e. The van der Waals surface area contributed by atoms with Crippen molar-refractivity contribution in [1.82, 2.24) is 10.2 Å². The second kappa shape index (κ2) is 7.88. The summed E-state index contributed by atoms with van der Waals surface area (Å²) in [6.45, 7) is 1.63. The zero-order valence-corrected chi connectivity index (χ0v) is 11.9. The summed E-state index contributed by atoms with van der Waals surface area (Å²) in [7, 11) is 1.39. The number of ether oxygens (including phenoxy) is 1. The van der Waals surface area contributed by atoms with Crippen LogP contribution in [0.1, 0.15) is 18.5 Å². The summed E-state index contributed by atoms with van der Waals surface area (Å²) in [5, 5.41) is 11.6. The SMILES string of the molecule is CCOC(=O)CN(C)C(=O)N[C@H](C(=O)O)c1ccccc1. The van der Waals surface area contributed by atoms with E-state index in [0.29, 0.717) is 5.56 Å². The Morgan fingerprint density at radius 1 is 1.29 bits per heavy atom. The molecule has 0 aliphatic rings. The number of carboxylic acid groups (broad SMARTS) is 1. The maximum absolute atomic E-state index is 11.9. The lowest BCUT2D eigenvalue weighted by Gasteiger charge is -2.20. The monoisotopic (exact) mass is 294 g/mol. The van der Waals surface area contributed by atoms with Gasteiger partial charge in [-0.05, 0) is 12.5 Å². The summed E-state index contributed by atoms with van der Waals surface area (Å²) in [6, 6.07) is 6.47. The van der Waals surface area contributed by atoms with Crippen molar-refractivity contribution in [2.45, 2.75) is 13.0 Å². The normalized spacial score (nSPS) is 11.3. The number of benzene rings is 1. The molecular weight excluding hydrogens is 276 g/mol. The molecule has 1 aromatic carbocycles. The van der Waals surface area contributed by atoms with Crippen LogP contribution in [0.25, 0.3) is 0 Å². The van der Waals surface area contributed by atoms with Crippen molar-refractivity contribution in [2.75, 3.05) is 20.2 Å². The summed E-state index contributed by atoms with van der Waals surface area (Å²) in [5.41, 5.74) is 0.447. The molecule has 0 aliphatic carbocycles. The number of hydrogen-bond donors (Lipinski definition) is 2. The Labute approximate surface area is 122 Å². The van der Waals surface area contributed by atoms with Gasteiger partial charge >= 0.3 is 18.0 Å². The number of nitrogens with one attached hydrogen (secondary N) is 1. The van der Waals surface area contributed by atoms with Crippen LogP contribution in [0.4, 0.5) is 4.79 Å². The summed E-state index contributed by atoms with van der Waals surface area (Å²) in [5.74, 6) is -1.74. The number of urea groups is 1. The van der Waals surface area contributed by atoms with Gasteiger partial charge in [0.2, 0.25) is 0 Å². The molecular formula is C14H18N2O5. The van der Waals surface area contributed by atoms with Crippen LogP contribution in [0.3, 0.4) is 0 Å². The van der Waals surface area contributed by atoms with Gasteiger partial charge in [-0.2, -0.15) is 0 Å². The number of carboxylic acids is 1. The highest BCUT2D eigenvalue weighted by atomic mass is 16.5. The largest absolute Gasteiger partial charge is 0.479 e. The molecule has 0 unspecified atom stereocenters. The Morgan fingerprint density at radius 2 is 1.90 bits per heavy atom. The van der Waals surface area contributed by atoms with Crippen molar-refractivity contribution in [3.8, 4) is 0 Å². The number of amides is 2. The first-order chi connectivity index (χ1) is 9.95. The molecule has 1 atom stereocenters. The highest BCUT2D eigenvalue weighted by Gasteiger charge is 2.24. The number of esters is 1. The van der Waals surface area contributed by atoms with Crippen LogP contribution in [0.15, 0.2) is 30.3 Å². The summed E-state index contributed by atoms with van der Waals surface area (Å²) < 4.78 is 4.72. The van der Waals surface area contributed by atoms with Gasteiger partial charge in [-0.25, -0.2) is 9.59 Å². The predicted molar refractivity (Wildman–Crippen MR) is 74.6 cm³/mol. The second-order valence-corrected chi connectivity index (χ2v) is 4.29. The molecule has 1 rings (SSSR count). The maximum atomic E-state index is 11.9. The quantitative estimate of drug-likeness (QED) is 0.764. The molecule has 1 aromatic rings. The van der Waals surface area contributed by atoms with E-state index in [2.05, 4.69) is 5.32 Å². The van der Waals surface area contributed by atoms with E-state index in [-0.39, 0.29) is 13.2 Å². The van der Waals surface area contributed by atoms with Gasteiger partial charge in [0.05, 0.1) is 6.61 Å². The van der Waals surface area contributed by atoms with Crippen LogP contribution in [-0.2, 0) is 14.3 Å². The smallest absolute Gasteiger partial charge is 0.330 e. The van der Waals surface area contributed by atoms with Crippen LogP contribution >= 0.6 is 0 Å². The molecule has 2 N–H and O–H groups in total. The minimum atomic E-state index is -1.18. The zero-order valence-electron chi connectivity index (χ0n) is 11.9. The lowest BCUT2D eigenvalue weighted by molar-refractivity contribution is -0.143. The lowest BCUT2D eigenvalue weighted by Crippen LogP contribution is -2.44. The number of rotatable bonds is 6. The Morgan fingerprint density at radius 3 is 2.43 bits per heavy atom. The van der Waals surface area contributed by atoms with Crippen molar-refractivity contribution >= 4 is 18.0 Å². The third kappa shape index (κ3) is 5.13.